The molecule has 4 N–H and O–H groups in total. The summed E-state index contributed by atoms with van der Waals surface area (Å²) in [7, 11) is 0. The molecule has 2 aromatic heterocycles. The zero-order chi connectivity index (χ0) is 41.6. The summed E-state index contributed by atoms with van der Waals surface area (Å²) in [5.41, 5.74) is 6.91. The summed E-state index contributed by atoms with van der Waals surface area (Å²) >= 11 is 0. The molecule has 316 valence electrons. The van der Waals surface area contributed by atoms with E-state index in [9.17, 15) is 14.4 Å². The standard InChI is InChI=1S/C45H57N11O4/c1-30(2)60-38-28-56(29-38)45(59)48-25-34-5-4-33(24-31(34)3)39-14-17-46-44(51-39)50-35-6-9-37(10-7-35)54-22-20-53(21-23-54)27-32-15-18-55(19-16-32)41-12-8-36(26-47-41)49-40-11-13-42(57)52-43(40)58/h4-10,12,14,17,24,26,30,32,38,40,49H,11,13,15-16,18-23,25,27-29H2,1-3H3,(H,48,59)(H,46,50,51)(H,52,57,58). The van der Waals surface area contributed by atoms with Gasteiger partial charge in [-0.1, -0.05) is 12.1 Å². The van der Waals surface area contributed by atoms with E-state index in [1.807, 2.05) is 38.1 Å². The highest BCUT2D eigenvalue weighted by Gasteiger charge is 2.32. The number of urea groups is 1. The molecule has 4 aliphatic rings. The highest BCUT2D eigenvalue weighted by atomic mass is 16.5. The van der Waals surface area contributed by atoms with Crippen LogP contribution in [0.2, 0.25) is 0 Å². The van der Waals surface area contributed by atoms with E-state index in [0.717, 1.165) is 98.2 Å². The number of carbonyl (C=O) groups is 3. The molecule has 60 heavy (non-hydrogen) atoms. The minimum atomic E-state index is -0.409. The fourth-order valence-corrected chi connectivity index (χ4v) is 8.46. The number of aromatic nitrogens is 3. The molecule has 4 saturated heterocycles. The smallest absolute Gasteiger partial charge is 0.317 e. The van der Waals surface area contributed by atoms with Gasteiger partial charge in [-0.3, -0.25) is 19.8 Å². The number of rotatable bonds is 13. The van der Waals surface area contributed by atoms with E-state index in [2.05, 4.69) is 89.3 Å². The summed E-state index contributed by atoms with van der Waals surface area (Å²) in [5.74, 6) is 1.68. The molecule has 0 bridgehead atoms. The minimum absolute atomic E-state index is 0.0623. The lowest BCUT2D eigenvalue weighted by molar-refractivity contribution is -0.133. The van der Waals surface area contributed by atoms with Crippen molar-refractivity contribution in [1.82, 2.24) is 35.4 Å². The maximum Gasteiger partial charge on any atom is 0.317 e. The largest absolute Gasteiger partial charge is 0.372 e. The third-order valence-electron chi connectivity index (χ3n) is 12.0. The highest BCUT2D eigenvalue weighted by molar-refractivity contribution is 6.01. The molecule has 15 heteroatoms. The molecule has 0 saturated carbocycles. The number of carbonyl (C=O) groups excluding carboxylic acids is 3. The number of imide groups is 1. The number of ether oxygens (including phenoxy) is 1. The molecule has 0 aliphatic carbocycles. The summed E-state index contributed by atoms with van der Waals surface area (Å²) in [6.45, 7) is 15.0. The lowest BCUT2D eigenvalue weighted by atomic mass is 9.96. The number of pyridine rings is 1. The van der Waals surface area contributed by atoms with E-state index in [-0.39, 0.29) is 30.1 Å². The van der Waals surface area contributed by atoms with Crippen LogP contribution in [0.25, 0.3) is 11.3 Å². The molecule has 4 aromatic rings. The Hall–Kier alpha value is -5.80. The number of nitrogens with one attached hydrogen (secondary N) is 4. The molecule has 0 spiro atoms. The van der Waals surface area contributed by atoms with E-state index in [0.29, 0.717) is 44.3 Å². The van der Waals surface area contributed by atoms with Crippen LogP contribution in [0.15, 0.2) is 73.1 Å². The summed E-state index contributed by atoms with van der Waals surface area (Å²) < 4.78 is 5.77. The van der Waals surface area contributed by atoms with Gasteiger partial charge in [-0.15, -0.1) is 0 Å². The van der Waals surface area contributed by atoms with Gasteiger partial charge in [-0.05, 0) is 106 Å². The van der Waals surface area contributed by atoms with Gasteiger partial charge in [0, 0.05) is 81.9 Å². The maximum atomic E-state index is 12.6. The van der Waals surface area contributed by atoms with Gasteiger partial charge in [0.1, 0.15) is 11.9 Å². The average molecular weight is 816 g/mol. The number of piperidine rings is 2. The Labute approximate surface area is 352 Å². The molecule has 8 rings (SSSR count). The van der Waals surface area contributed by atoms with Crippen LogP contribution in [0.3, 0.4) is 0 Å². The zero-order valence-electron chi connectivity index (χ0n) is 34.9. The van der Waals surface area contributed by atoms with Crippen molar-refractivity contribution in [2.24, 2.45) is 5.92 Å². The second-order valence-electron chi connectivity index (χ2n) is 16.7. The number of piperazine rings is 1. The SMILES string of the molecule is Cc1cc(-c2ccnc(Nc3ccc(N4CCN(CC5CCN(c6ccc(NC7CCC(=O)NC7=O)cn6)CC5)CC4)cc3)n2)ccc1CNC(=O)N1CC(OC(C)C)C1. The Morgan fingerprint density at radius 2 is 1.65 bits per heavy atom. The molecule has 4 fully saturated rings. The number of nitrogens with zero attached hydrogens (tertiary/aromatic N) is 7. The molecule has 1 unspecified atom stereocenters. The van der Waals surface area contributed by atoms with Gasteiger partial charge in [0.25, 0.3) is 0 Å². The molecule has 0 radical (unpaired) electrons. The fraction of sp³-hybridized carbons (Fsp3) is 0.467. The quantitative estimate of drug-likeness (QED) is 0.132. The third kappa shape index (κ3) is 10.3. The molecule has 15 nitrogen and oxygen atoms in total. The normalized spacial score (nSPS) is 19.3. The monoisotopic (exact) mass is 815 g/mol. The van der Waals surface area contributed by atoms with E-state index >= 15 is 0 Å². The second-order valence-corrected chi connectivity index (χ2v) is 16.7. The molecule has 1 atom stereocenters. The summed E-state index contributed by atoms with van der Waals surface area (Å²) in [6, 6.07) is 20.2. The van der Waals surface area contributed by atoms with Crippen LogP contribution in [0, 0.1) is 12.8 Å². The maximum absolute atomic E-state index is 12.6. The van der Waals surface area contributed by atoms with Gasteiger partial charge in [0.2, 0.25) is 17.8 Å². The van der Waals surface area contributed by atoms with E-state index in [1.165, 1.54) is 5.69 Å². The van der Waals surface area contributed by atoms with Crippen LogP contribution in [0.1, 0.15) is 50.7 Å². The zero-order valence-corrected chi connectivity index (χ0v) is 34.9. The van der Waals surface area contributed by atoms with Crippen molar-refractivity contribution in [2.75, 3.05) is 79.3 Å². The van der Waals surface area contributed by atoms with Gasteiger partial charge >= 0.3 is 6.03 Å². The van der Waals surface area contributed by atoms with Gasteiger partial charge in [0.05, 0.1) is 42.9 Å². The predicted octanol–water partition coefficient (Wildman–Crippen LogP) is 5.17. The topological polar surface area (TPSA) is 160 Å². The van der Waals surface area contributed by atoms with Gasteiger partial charge < -0.3 is 35.4 Å². The lowest BCUT2D eigenvalue weighted by Gasteiger charge is -2.40. The molecule has 6 heterocycles. The number of anilines is 5. The van der Waals surface area contributed by atoms with Crippen LogP contribution in [-0.4, -0.2) is 120 Å². The van der Waals surface area contributed by atoms with Gasteiger partial charge in [-0.25, -0.2) is 19.7 Å². The first-order valence-electron chi connectivity index (χ1n) is 21.4. The number of amides is 4. The van der Waals surface area contributed by atoms with E-state index in [1.54, 1.807) is 17.3 Å². The first-order valence-corrected chi connectivity index (χ1v) is 21.4. The summed E-state index contributed by atoms with van der Waals surface area (Å²) in [4.78, 5) is 59.3. The van der Waals surface area contributed by atoms with Crippen LogP contribution in [0.5, 0.6) is 0 Å². The third-order valence-corrected chi connectivity index (χ3v) is 12.0. The van der Waals surface area contributed by atoms with Crippen molar-refractivity contribution < 1.29 is 19.1 Å². The van der Waals surface area contributed by atoms with Crippen LogP contribution in [-0.2, 0) is 20.9 Å². The van der Waals surface area contributed by atoms with Gasteiger partial charge in [0.15, 0.2) is 0 Å². The van der Waals surface area contributed by atoms with Crippen molar-refractivity contribution in [1.29, 1.82) is 0 Å². The average Bonchev–Trinajstić information content (AvgIpc) is 3.24. The molecule has 4 amide bonds. The number of benzene rings is 2. The Balaban J connectivity index is 0.751. The van der Waals surface area contributed by atoms with Crippen molar-refractivity contribution in [2.45, 2.75) is 71.2 Å². The molecule has 2 aromatic carbocycles. The predicted molar refractivity (Wildman–Crippen MR) is 233 cm³/mol. The van der Waals surface area contributed by atoms with Gasteiger partial charge in [-0.2, -0.15) is 0 Å². The minimum Gasteiger partial charge on any atom is -0.372 e. The first kappa shape index (κ1) is 41.0. The first-order chi connectivity index (χ1) is 29.1. The van der Waals surface area contributed by atoms with Crippen molar-refractivity contribution in [3.63, 3.8) is 0 Å². The molecule has 4 aliphatic heterocycles. The highest BCUT2D eigenvalue weighted by Crippen LogP contribution is 2.27. The Bertz CT molecular complexity index is 2110. The van der Waals surface area contributed by atoms with Crippen molar-refractivity contribution in [3.05, 3.63) is 84.2 Å². The van der Waals surface area contributed by atoms with Crippen LogP contribution < -0.4 is 31.1 Å². The summed E-state index contributed by atoms with van der Waals surface area (Å²) in [5, 5.41) is 12.0. The van der Waals surface area contributed by atoms with Crippen molar-refractivity contribution in [3.8, 4) is 11.3 Å². The second kappa shape index (κ2) is 18.6. The van der Waals surface area contributed by atoms with Crippen LogP contribution >= 0.6 is 0 Å². The molecular weight excluding hydrogens is 759 g/mol. The number of likely N-dealkylation sites (tertiary alicyclic amines) is 1. The lowest BCUT2D eigenvalue weighted by Crippen LogP contribution is -2.58. The van der Waals surface area contributed by atoms with Crippen molar-refractivity contribution >= 4 is 46.7 Å². The Kier molecular flexibility index (Phi) is 12.7. The Morgan fingerprint density at radius 1 is 0.883 bits per heavy atom. The van der Waals surface area contributed by atoms with E-state index in [4.69, 9.17) is 9.72 Å². The van der Waals surface area contributed by atoms with Crippen LogP contribution in [0.4, 0.5) is 33.6 Å². The fourth-order valence-electron chi connectivity index (χ4n) is 8.46. The molecular formula is C45H57N11O4. The van der Waals surface area contributed by atoms with E-state index < -0.39 is 6.04 Å². The number of hydrogen-bond acceptors (Lipinski definition) is 12. The summed E-state index contributed by atoms with van der Waals surface area (Å²) in [6.07, 6.45) is 6.97. The number of aryl methyl sites for hydroxylation is 1. The Morgan fingerprint density at radius 3 is 2.35 bits per heavy atom. The number of hydrogen-bond donors (Lipinski definition) is 4.